The first-order valence-electron chi connectivity index (χ1n) is 4.75. The molecule has 3 nitrogen and oxygen atoms in total. The predicted octanol–water partition coefficient (Wildman–Crippen LogP) is 1.46. The number of aliphatic hydroxyl groups excluding tert-OH is 1. The molecular formula is C11H16FNO2. The number of phenols is 1. The molecular weight excluding hydrogens is 197 g/mol. The van der Waals surface area contributed by atoms with Gasteiger partial charge in [0.25, 0.3) is 0 Å². The third-order valence-corrected chi connectivity index (χ3v) is 2.12. The topological polar surface area (TPSA) is 43.7 Å². The monoisotopic (exact) mass is 213 g/mol. The van der Waals surface area contributed by atoms with Crippen LogP contribution in [0.1, 0.15) is 17.2 Å². The molecule has 0 aliphatic heterocycles. The summed E-state index contributed by atoms with van der Waals surface area (Å²) in [6.07, 6.45) is -1.11. The van der Waals surface area contributed by atoms with E-state index in [2.05, 4.69) is 0 Å². The Morgan fingerprint density at radius 2 is 2.07 bits per heavy atom. The summed E-state index contributed by atoms with van der Waals surface area (Å²) < 4.78 is 12.2. The van der Waals surface area contributed by atoms with Crippen LogP contribution >= 0.6 is 0 Å². The van der Waals surface area contributed by atoms with Crippen molar-refractivity contribution in [3.8, 4) is 5.75 Å². The third-order valence-electron chi connectivity index (χ3n) is 2.12. The largest absolute Gasteiger partial charge is 0.508 e. The van der Waals surface area contributed by atoms with Crippen LogP contribution in [0.4, 0.5) is 4.39 Å². The van der Waals surface area contributed by atoms with Gasteiger partial charge in [-0.05, 0) is 31.8 Å². The maximum Gasteiger partial charge on any atom is 0.120 e. The summed E-state index contributed by atoms with van der Waals surface area (Å²) in [6, 6.07) is 4.63. The lowest BCUT2D eigenvalue weighted by atomic mass is 10.1. The van der Waals surface area contributed by atoms with Crippen LogP contribution in [0.3, 0.4) is 0 Å². The van der Waals surface area contributed by atoms with E-state index in [1.165, 1.54) is 12.1 Å². The Kier molecular flexibility index (Phi) is 4.05. The summed E-state index contributed by atoms with van der Waals surface area (Å²) in [7, 11) is 3.75. The van der Waals surface area contributed by atoms with Crippen molar-refractivity contribution >= 4 is 0 Å². The van der Waals surface area contributed by atoms with E-state index < -0.39 is 12.8 Å². The van der Waals surface area contributed by atoms with Crippen LogP contribution in [0.15, 0.2) is 18.2 Å². The minimum absolute atomic E-state index is 0.165. The van der Waals surface area contributed by atoms with E-state index in [4.69, 9.17) is 0 Å². The summed E-state index contributed by atoms with van der Waals surface area (Å²) in [6.45, 7) is -0.259. The van der Waals surface area contributed by atoms with Gasteiger partial charge in [0.15, 0.2) is 0 Å². The van der Waals surface area contributed by atoms with Crippen LogP contribution in [0.2, 0.25) is 0 Å². The lowest BCUT2D eigenvalue weighted by Gasteiger charge is -2.14. The molecule has 0 spiro atoms. The molecule has 1 aromatic rings. The first kappa shape index (κ1) is 11.9. The minimum Gasteiger partial charge on any atom is -0.508 e. The number of hydrogen-bond acceptors (Lipinski definition) is 3. The van der Waals surface area contributed by atoms with E-state index in [9.17, 15) is 14.6 Å². The molecule has 4 heteroatoms. The van der Waals surface area contributed by atoms with Gasteiger partial charge in [-0.25, -0.2) is 4.39 Å². The quantitative estimate of drug-likeness (QED) is 0.795. The second kappa shape index (κ2) is 5.09. The third kappa shape index (κ3) is 3.18. The van der Waals surface area contributed by atoms with Crippen molar-refractivity contribution in [2.45, 2.75) is 12.6 Å². The molecule has 0 aliphatic rings. The lowest BCUT2D eigenvalue weighted by molar-refractivity contribution is 0.141. The Morgan fingerprint density at radius 1 is 1.40 bits per heavy atom. The molecule has 1 atom stereocenters. The molecule has 15 heavy (non-hydrogen) atoms. The Labute approximate surface area is 88.8 Å². The number of aliphatic hydroxyl groups is 1. The highest BCUT2D eigenvalue weighted by Gasteiger charge is 2.10. The molecule has 1 unspecified atom stereocenters. The van der Waals surface area contributed by atoms with Gasteiger partial charge in [-0.2, -0.15) is 0 Å². The van der Waals surface area contributed by atoms with Gasteiger partial charge in [0.2, 0.25) is 0 Å². The lowest BCUT2D eigenvalue weighted by Crippen LogP contribution is -2.11. The summed E-state index contributed by atoms with van der Waals surface area (Å²) in [4.78, 5) is 1.89. The molecule has 0 saturated heterocycles. The molecule has 0 aliphatic carbocycles. The maximum absolute atomic E-state index is 12.2. The molecule has 1 rings (SSSR count). The van der Waals surface area contributed by atoms with E-state index in [1.54, 1.807) is 6.07 Å². The zero-order valence-corrected chi connectivity index (χ0v) is 8.94. The summed E-state index contributed by atoms with van der Waals surface area (Å²) in [5.41, 5.74) is 1.18. The number of hydrogen-bond donors (Lipinski definition) is 2. The Hall–Kier alpha value is -1.13. The van der Waals surface area contributed by atoms with Crippen LogP contribution in [-0.4, -0.2) is 35.9 Å². The molecule has 0 amide bonds. The molecule has 0 fully saturated rings. The summed E-state index contributed by atoms with van der Waals surface area (Å²) in [5.74, 6) is 0.165. The second-order valence-electron chi connectivity index (χ2n) is 3.80. The van der Waals surface area contributed by atoms with Gasteiger partial charge in [0.05, 0.1) is 0 Å². The fourth-order valence-corrected chi connectivity index (χ4v) is 1.37. The number of aromatic hydroxyl groups is 1. The molecule has 0 radical (unpaired) electrons. The molecule has 0 saturated carbocycles. The number of phenolic OH excluding ortho intramolecular Hbond substituents is 1. The van der Waals surface area contributed by atoms with Gasteiger partial charge in [-0.1, -0.05) is 6.07 Å². The molecule has 0 heterocycles. The molecule has 1 aromatic carbocycles. The van der Waals surface area contributed by atoms with Crippen LogP contribution in [-0.2, 0) is 6.54 Å². The van der Waals surface area contributed by atoms with Crippen molar-refractivity contribution in [3.05, 3.63) is 29.3 Å². The summed E-state index contributed by atoms with van der Waals surface area (Å²) in [5, 5.41) is 18.8. The SMILES string of the molecule is CN(C)Cc1cc(C(O)CF)ccc1O. The molecule has 2 N–H and O–H groups in total. The molecule has 84 valence electrons. The van der Waals surface area contributed by atoms with Crippen molar-refractivity contribution in [1.29, 1.82) is 0 Å². The van der Waals surface area contributed by atoms with Crippen molar-refractivity contribution in [2.24, 2.45) is 0 Å². The van der Waals surface area contributed by atoms with Crippen LogP contribution in [0.25, 0.3) is 0 Å². The van der Waals surface area contributed by atoms with Gasteiger partial charge < -0.3 is 15.1 Å². The van der Waals surface area contributed by atoms with Crippen LogP contribution < -0.4 is 0 Å². The molecule has 0 aromatic heterocycles. The Morgan fingerprint density at radius 3 is 2.60 bits per heavy atom. The van der Waals surface area contributed by atoms with Gasteiger partial charge in [0, 0.05) is 12.1 Å². The van der Waals surface area contributed by atoms with Crippen molar-refractivity contribution in [2.75, 3.05) is 20.8 Å². The minimum atomic E-state index is -1.11. The number of nitrogens with zero attached hydrogens (tertiary/aromatic N) is 1. The Bertz CT molecular complexity index is 328. The molecule has 0 bridgehead atoms. The smallest absolute Gasteiger partial charge is 0.120 e. The fraction of sp³-hybridized carbons (Fsp3) is 0.455. The van der Waals surface area contributed by atoms with Crippen molar-refractivity contribution < 1.29 is 14.6 Å². The highest BCUT2D eigenvalue weighted by Crippen LogP contribution is 2.23. The predicted molar refractivity (Wildman–Crippen MR) is 56.4 cm³/mol. The van der Waals surface area contributed by atoms with Gasteiger partial charge >= 0.3 is 0 Å². The average molecular weight is 213 g/mol. The van der Waals surface area contributed by atoms with Gasteiger partial charge in [0.1, 0.15) is 18.5 Å². The second-order valence-corrected chi connectivity index (χ2v) is 3.80. The van der Waals surface area contributed by atoms with Crippen LogP contribution in [0, 0.1) is 0 Å². The maximum atomic E-state index is 12.2. The van der Waals surface area contributed by atoms with E-state index in [1.807, 2.05) is 19.0 Å². The highest BCUT2D eigenvalue weighted by molar-refractivity contribution is 5.37. The highest BCUT2D eigenvalue weighted by atomic mass is 19.1. The number of benzene rings is 1. The van der Waals surface area contributed by atoms with Crippen LogP contribution in [0.5, 0.6) is 5.75 Å². The zero-order valence-electron chi connectivity index (χ0n) is 8.94. The Balaban J connectivity index is 2.94. The van der Waals surface area contributed by atoms with E-state index in [0.29, 0.717) is 17.7 Å². The number of rotatable bonds is 4. The summed E-state index contributed by atoms with van der Waals surface area (Å²) >= 11 is 0. The number of alkyl halides is 1. The zero-order chi connectivity index (χ0) is 11.4. The number of halogens is 1. The van der Waals surface area contributed by atoms with E-state index in [-0.39, 0.29) is 5.75 Å². The standard InChI is InChI=1S/C11H16FNO2/c1-13(2)7-9-5-8(11(15)6-12)3-4-10(9)14/h3-5,11,14-15H,6-7H2,1-2H3. The van der Waals surface area contributed by atoms with Crippen molar-refractivity contribution in [1.82, 2.24) is 4.90 Å². The normalized spacial score (nSPS) is 13.1. The average Bonchev–Trinajstić information content (AvgIpc) is 2.19. The van der Waals surface area contributed by atoms with Crippen molar-refractivity contribution in [3.63, 3.8) is 0 Å². The fourth-order valence-electron chi connectivity index (χ4n) is 1.37. The van der Waals surface area contributed by atoms with Gasteiger partial charge in [-0.15, -0.1) is 0 Å². The van der Waals surface area contributed by atoms with E-state index >= 15 is 0 Å². The first-order valence-corrected chi connectivity index (χ1v) is 4.75. The van der Waals surface area contributed by atoms with Gasteiger partial charge in [-0.3, -0.25) is 0 Å². The first-order chi connectivity index (χ1) is 7.04. The van der Waals surface area contributed by atoms with E-state index in [0.717, 1.165) is 0 Å².